The van der Waals surface area contributed by atoms with Gasteiger partial charge in [-0.1, -0.05) is 69.9 Å². The third-order valence-electron chi connectivity index (χ3n) is 5.94. The van der Waals surface area contributed by atoms with Crippen molar-refractivity contribution in [2.75, 3.05) is 0 Å². The number of aryl methyl sites for hydroxylation is 1. The Kier molecular flexibility index (Phi) is 6.33. The zero-order valence-corrected chi connectivity index (χ0v) is 14.6. The second-order valence-electron chi connectivity index (χ2n) is 7.59. The monoisotopic (exact) mass is 286 g/mol. The molecule has 1 fully saturated rings. The Morgan fingerprint density at radius 2 is 1.57 bits per heavy atom. The van der Waals surface area contributed by atoms with E-state index in [4.69, 9.17) is 0 Å². The van der Waals surface area contributed by atoms with E-state index in [2.05, 4.69) is 52.0 Å². The van der Waals surface area contributed by atoms with Gasteiger partial charge in [0.2, 0.25) is 0 Å². The van der Waals surface area contributed by atoms with Crippen LogP contribution in [0.3, 0.4) is 0 Å². The Bertz CT molecular complexity index is 395. The second-order valence-corrected chi connectivity index (χ2v) is 7.59. The van der Waals surface area contributed by atoms with Gasteiger partial charge in [-0.2, -0.15) is 0 Å². The molecule has 0 heteroatoms. The molecular formula is C21H34. The molecule has 0 bridgehead atoms. The molecule has 0 nitrogen and oxygen atoms in total. The number of hydrogen-bond donors (Lipinski definition) is 0. The minimum atomic E-state index is 0.823. The average Bonchev–Trinajstić information content (AvgIpc) is 2.53. The van der Waals surface area contributed by atoms with E-state index < -0.39 is 0 Å². The van der Waals surface area contributed by atoms with Crippen LogP contribution in [0.25, 0.3) is 0 Å². The highest BCUT2D eigenvalue weighted by molar-refractivity contribution is 5.24. The van der Waals surface area contributed by atoms with Gasteiger partial charge >= 0.3 is 0 Å². The Labute approximate surface area is 132 Å². The quantitative estimate of drug-likeness (QED) is 0.543. The normalized spacial score (nSPS) is 25.5. The predicted octanol–water partition coefficient (Wildman–Crippen LogP) is 6.73. The van der Waals surface area contributed by atoms with Crippen molar-refractivity contribution in [1.29, 1.82) is 0 Å². The van der Waals surface area contributed by atoms with Gasteiger partial charge in [0.1, 0.15) is 0 Å². The first kappa shape index (κ1) is 16.6. The molecule has 2 unspecified atom stereocenters. The highest BCUT2D eigenvalue weighted by Gasteiger charge is 2.25. The summed E-state index contributed by atoms with van der Waals surface area (Å²) in [4.78, 5) is 0. The SMILES string of the molecule is CCC(C)CCC(C)C1CCC(c2ccc(C)cc2)CC1. The Balaban J connectivity index is 1.78. The van der Waals surface area contributed by atoms with Gasteiger partial charge in [0.25, 0.3) is 0 Å². The van der Waals surface area contributed by atoms with E-state index in [0.717, 1.165) is 23.7 Å². The summed E-state index contributed by atoms with van der Waals surface area (Å²) in [5, 5.41) is 0. The molecule has 2 atom stereocenters. The summed E-state index contributed by atoms with van der Waals surface area (Å²) in [6, 6.07) is 9.26. The number of hydrogen-bond acceptors (Lipinski definition) is 0. The fourth-order valence-electron chi connectivity index (χ4n) is 3.85. The van der Waals surface area contributed by atoms with Crippen molar-refractivity contribution in [3.8, 4) is 0 Å². The van der Waals surface area contributed by atoms with Gasteiger partial charge in [0, 0.05) is 0 Å². The third kappa shape index (κ3) is 4.87. The van der Waals surface area contributed by atoms with Gasteiger partial charge in [-0.15, -0.1) is 0 Å². The molecule has 21 heavy (non-hydrogen) atoms. The maximum absolute atomic E-state index is 2.50. The standard InChI is InChI=1S/C21H34/c1-5-16(2)6-9-18(4)19-12-14-21(15-13-19)20-10-7-17(3)8-11-20/h7-8,10-11,16,18-19,21H,5-6,9,12-15H2,1-4H3. The summed E-state index contributed by atoms with van der Waals surface area (Å²) < 4.78 is 0. The van der Waals surface area contributed by atoms with Crippen molar-refractivity contribution in [2.24, 2.45) is 17.8 Å². The van der Waals surface area contributed by atoms with Crippen molar-refractivity contribution in [2.45, 2.75) is 78.6 Å². The highest BCUT2D eigenvalue weighted by Crippen LogP contribution is 2.40. The van der Waals surface area contributed by atoms with E-state index in [1.54, 1.807) is 5.56 Å². The zero-order valence-electron chi connectivity index (χ0n) is 14.6. The van der Waals surface area contributed by atoms with Crippen molar-refractivity contribution < 1.29 is 0 Å². The lowest BCUT2D eigenvalue weighted by molar-refractivity contribution is 0.225. The first-order valence-electron chi connectivity index (χ1n) is 9.16. The maximum Gasteiger partial charge on any atom is -0.0162 e. The molecule has 0 heterocycles. The Morgan fingerprint density at radius 3 is 2.14 bits per heavy atom. The lowest BCUT2D eigenvalue weighted by Crippen LogP contribution is -2.19. The van der Waals surface area contributed by atoms with E-state index in [9.17, 15) is 0 Å². The summed E-state index contributed by atoms with van der Waals surface area (Å²) in [5.41, 5.74) is 2.96. The third-order valence-corrected chi connectivity index (χ3v) is 5.94. The largest absolute Gasteiger partial charge is 0.0651 e. The summed E-state index contributed by atoms with van der Waals surface area (Å²) in [7, 11) is 0. The molecule has 1 aliphatic carbocycles. The number of benzene rings is 1. The Hall–Kier alpha value is -0.780. The van der Waals surface area contributed by atoms with E-state index in [-0.39, 0.29) is 0 Å². The molecule has 0 aromatic heterocycles. The van der Waals surface area contributed by atoms with Gasteiger partial charge in [-0.25, -0.2) is 0 Å². The van der Waals surface area contributed by atoms with Gasteiger partial charge in [0.05, 0.1) is 0 Å². The van der Waals surface area contributed by atoms with Crippen LogP contribution in [0.15, 0.2) is 24.3 Å². The van der Waals surface area contributed by atoms with Crippen LogP contribution in [0.4, 0.5) is 0 Å². The van der Waals surface area contributed by atoms with Gasteiger partial charge in [0.15, 0.2) is 0 Å². The van der Waals surface area contributed by atoms with Crippen LogP contribution in [0.2, 0.25) is 0 Å². The first-order chi connectivity index (χ1) is 10.1. The van der Waals surface area contributed by atoms with E-state index in [1.807, 2.05) is 0 Å². The lowest BCUT2D eigenvalue weighted by atomic mass is 9.73. The molecule has 118 valence electrons. The summed E-state index contributed by atoms with van der Waals surface area (Å²) in [6.07, 6.45) is 9.90. The van der Waals surface area contributed by atoms with Crippen LogP contribution in [0.1, 0.15) is 82.8 Å². The average molecular weight is 287 g/mol. The summed E-state index contributed by atoms with van der Waals surface area (Å²) in [5.74, 6) is 3.65. The van der Waals surface area contributed by atoms with Crippen molar-refractivity contribution in [3.63, 3.8) is 0 Å². The maximum atomic E-state index is 2.50. The molecule has 0 radical (unpaired) electrons. The molecule has 0 saturated heterocycles. The van der Waals surface area contributed by atoms with Crippen LogP contribution < -0.4 is 0 Å². The molecule has 2 rings (SSSR count). The van der Waals surface area contributed by atoms with Crippen molar-refractivity contribution >= 4 is 0 Å². The molecule has 0 aliphatic heterocycles. The van der Waals surface area contributed by atoms with E-state index in [0.29, 0.717) is 0 Å². The van der Waals surface area contributed by atoms with Crippen LogP contribution >= 0.6 is 0 Å². The van der Waals surface area contributed by atoms with E-state index >= 15 is 0 Å². The van der Waals surface area contributed by atoms with Gasteiger partial charge in [-0.3, -0.25) is 0 Å². The molecule has 0 N–H and O–H groups in total. The predicted molar refractivity (Wildman–Crippen MR) is 93.7 cm³/mol. The molecule has 1 aliphatic rings. The molecule has 0 amide bonds. The van der Waals surface area contributed by atoms with Gasteiger partial charge < -0.3 is 0 Å². The minimum Gasteiger partial charge on any atom is -0.0651 e. The van der Waals surface area contributed by atoms with Gasteiger partial charge in [-0.05, 0) is 61.8 Å². The van der Waals surface area contributed by atoms with Crippen LogP contribution in [0, 0.1) is 24.7 Å². The molecule has 1 aromatic carbocycles. The first-order valence-corrected chi connectivity index (χ1v) is 9.16. The summed E-state index contributed by atoms with van der Waals surface area (Å²) >= 11 is 0. The fourth-order valence-corrected chi connectivity index (χ4v) is 3.85. The minimum absolute atomic E-state index is 0.823. The second kappa shape index (κ2) is 8.01. The van der Waals surface area contributed by atoms with Crippen LogP contribution in [0.5, 0.6) is 0 Å². The summed E-state index contributed by atoms with van der Waals surface area (Å²) in [6.45, 7) is 9.40. The van der Waals surface area contributed by atoms with Crippen LogP contribution in [-0.2, 0) is 0 Å². The van der Waals surface area contributed by atoms with Crippen LogP contribution in [-0.4, -0.2) is 0 Å². The molecule has 1 aromatic rings. The molecular weight excluding hydrogens is 252 g/mol. The van der Waals surface area contributed by atoms with Crippen molar-refractivity contribution in [1.82, 2.24) is 0 Å². The highest BCUT2D eigenvalue weighted by atomic mass is 14.3. The Morgan fingerprint density at radius 1 is 0.952 bits per heavy atom. The van der Waals surface area contributed by atoms with E-state index in [1.165, 1.54) is 50.5 Å². The van der Waals surface area contributed by atoms with Crippen molar-refractivity contribution in [3.05, 3.63) is 35.4 Å². The number of rotatable bonds is 6. The molecule has 0 spiro atoms. The zero-order chi connectivity index (χ0) is 15.2. The smallest absolute Gasteiger partial charge is 0.0162 e. The topological polar surface area (TPSA) is 0 Å². The fraction of sp³-hybridized carbons (Fsp3) is 0.714. The lowest BCUT2D eigenvalue weighted by Gasteiger charge is -2.33. The molecule has 1 saturated carbocycles.